The van der Waals surface area contributed by atoms with Gasteiger partial charge in [0, 0.05) is 34.4 Å². The Labute approximate surface area is 144 Å². The van der Waals surface area contributed by atoms with Crippen LogP contribution in [0.4, 0.5) is 11.4 Å². The summed E-state index contributed by atoms with van der Waals surface area (Å²) in [6, 6.07) is 13.9. The molecule has 0 saturated carbocycles. The highest BCUT2D eigenvalue weighted by atomic mass is 35.5. The molecule has 2 aromatic carbocycles. The van der Waals surface area contributed by atoms with E-state index >= 15 is 0 Å². The number of rotatable bonds is 3. The van der Waals surface area contributed by atoms with Crippen LogP contribution < -0.4 is 10.2 Å². The summed E-state index contributed by atoms with van der Waals surface area (Å²) in [5.74, 6) is -0.616. The predicted molar refractivity (Wildman–Crippen MR) is 92.0 cm³/mol. The zero-order valence-corrected chi connectivity index (χ0v) is 13.6. The average Bonchev–Trinajstić information content (AvgIpc) is 2.92. The van der Waals surface area contributed by atoms with Gasteiger partial charge >= 0.3 is 0 Å². The molecule has 1 heterocycles. The van der Waals surface area contributed by atoms with Crippen molar-refractivity contribution < 1.29 is 9.59 Å². The molecular weight excluding hydrogens is 335 g/mol. The van der Waals surface area contributed by atoms with Crippen molar-refractivity contribution in [3.63, 3.8) is 0 Å². The summed E-state index contributed by atoms with van der Waals surface area (Å²) < 4.78 is 0. The second-order valence-electron chi connectivity index (χ2n) is 5.38. The smallest absolute Gasteiger partial charge is 0.229 e. The van der Waals surface area contributed by atoms with Crippen molar-refractivity contribution in [1.29, 1.82) is 0 Å². The van der Waals surface area contributed by atoms with Crippen LogP contribution in [0, 0.1) is 5.92 Å². The maximum absolute atomic E-state index is 12.3. The molecule has 0 unspecified atom stereocenters. The molecule has 2 aromatic rings. The van der Waals surface area contributed by atoms with Gasteiger partial charge in [0.1, 0.15) is 0 Å². The highest BCUT2D eigenvalue weighted by Crippen LogP contribution is 2.27. The van der Waals surface area contributed by atoms with Crippen molar-refractivity contribution in [2.24, 2.45) is 5.92 Å². The number of hydrogen-bond donors (Lipinski definition) is 1. The van der Waals surface area contributed by atoms with Crippen LogP contribution in [0.3, 0.4) is 0 Å². The van der Waals surface area contributed by atoms with E-state index in [1.807, 2.05) is 0 Å². The number of carbonyl (C=O) groups is 2. The molecule has 1 N–H and O–H groups in total. The van der Waals surface area contributed by atoms with E-state index < -0.39 is 0 Å². The third-order valence-electron chi connectivity index (χ3n) is 3.75. The van der Waals surface area contributed by atoms with Gasteiger partial charge in [-0.15, -0.1) is 0 Å². The van der Waals surface area contributed by atoms with Gasteiger partial charge in [0.25, 0.3) is 0 Å². The Hall–Kier alpha value is -2.04. The number of amides is 2. The SMILES string of the molecule is O=C(Nc1ccc(Cl)cc1)[C@H]1CC(=O)N(c2ccc(Cl)cc2)C1. The van der Waals surface area contributed by atoms with E-state index in [2.05, 4.69) is 5.32 Å². The van der Waals surface area contributed by atoms with E-state index in [1.54, 1.807) is 53.4 Å². The van der Waals surface area contributed by atoms with Crippen LogP contribution in [-0.2, 0) is 9.59 Å². The van der Waals surface area contributed by atoms with Crippen LogP contribution >= 0.6 is 23.2 Å². The second kappa shape index (κ2) is 6.60. The van der Waals surface area contributed by atoms with Crippen LogP contribution in [0.15, 0.2) is 48.5 Å². The molecule has 0 aromatic heterocycles. The summed E-state index contributed by atoms with van der Waals surface area (Å²) in [5, 5.41) is 4.03. The van der Waals surface area contributed by atoms with Gasteiger partial charge in [0.15, 0.2) is 0 Å². The number of nitrogens with zero attached hydrogens (tertiary/aromatic N) is 1. The molecule has 1 saturated heterocycles. The van der Waals surface area contributed by atoms with Crippen molar-refractivity contribution >= 4 is 46.4 Å². The molecule has 1 atom stereocenters. The first-order valence-electron chi connectivity index (χ1n) is 7.15. The largest absolute Gasteiger partial charge is 0.326 e. The molecule has 1 aliphatic rings. The molecule has 0 radical (unpaired) electrons. The monoisotopic (exact) mass is 348 g/mol. The molecule has 3 rings (SSSR count). The minimum Gasteiger partial charge on any atom is -0.326 e. The van der Waals surface area contributed by atoms with Gasteiger partial charge in [-0.1, -0.05) is 23.2 Å². The molecular formula is C17H14Cl2N2O2. The van der Waals surface area contributed by atoms with Gasteiger partial charge in [-0.3, -0.25) is 9.59 Å². The van der Waals surface area contributed by atoms with Gasteiger partial charge in [-0.05, 0) is 48.5 Å². The predicted octanol–water partition coefficient (Wildman–Crippen LogP) is 3.99. The fraction of sp³-hybridized carbons (Fsp3) is 0.176. The zero-order chi connectivity index (χ0) is 16.4. The van der Waals surface area contributed by atoms with Crippen LogP contribution in [0.2, 0.25) is 10.0 Å². The van der Waals surface area contributed by atoms with Gasteiger partial charge in [0.05, 0.1) is 5.92 Å². The molecule has 23 heavy (non-hydrogen) atoms. The van der Waals surface area contributed by atoms with E-state index in [9.17, 15) is 9.59 Å². The van der Waals surface area contributed by atoms with E-state index in [1.165, 1.54) is 0 Å². The number of nitrogens with one attached hydrogen (secondary N) is 1. The number of halogens is 2. The lowest BCUT2D eigenvalue weighted by Gasteiger charge is -2.16. The molecule has 4 nitrogen and oxygen atoms in total. The maximum Gasteiger partial charge on any atom is 0.229 e. The number of hydrogen-bond acceptors (Lipinski definition) is 2. The first-order valence-corrected chi connectivity index (χ1v) is 7.91. The highest BCUT2D eigenvalue weighted by Gasteiger charge is 2.35. The Balaban J connectivity index is 1.68. The molecule has 118 valence electrons. The Morgan fingerprint density at radius 3 is 2.17 bits per heavy atom. The van der Waals surface area contributed by atoms with Crippen molar-refractivity contribution in [2.75, 3.05) is 16.8 Å². The lowest BCUT2D eigenvalue weighted by molar-refractivity contribution is -0.122. The Bertz CT molecular complexity index is 729. The zero-order valence-electron chi connectivity index (χ0n) is 12.1. The molecule has 2 amide bonds. The molecule has 6 heteroatoms. The summed E-state index contributed by atoms with van der Waals surface area (Å²) >= 11 is 11.7. The number of benzene rings is 2. The Morgan fingerprint density at radius 2 is 1.57 bits per heavy atom. The van der Waals surface area contributed by atoms with E-state index in [-0.39, 0.29) is 24.2 Å². The van der Waals surface area contributed by atoms with Gasteiger partial charge < -0.3 is 10.2 Å². The minimum atomic E-state index is -0.381. The topological polar surface area (TPSA) is 49.4 Å². The van der Waals surface area contributed by atoms with Crippen molar-refractivity contribution in [1.82, 2.24) is 0 Å². The molecule has 1 fully saturated rings. The van der Waals surface area contributed by atoms with Crippen LogP contribution in [-0.4, -0.2) is 18.4 Å². The first-order chi connectivity index (χ1) is 11.0. The third-order valence-corrected chi connectivity index (χ3v) is 4.25. The van der Waals surface area contributed by atoms with E-state index in [4.69, 9.17) is 23.2 Å². The fourth-order valence-corrected chi connectivity index (χ4v) is 2.78. The first kappa shape index (κ1) is 15.8. The standard InChI is InChI=1S/C17H14Cl2N2O2/c18-12-1-5-14(6-2-12)20-17(23)11-9-16(22)21(10-11)15-7-3-13(19)4-8-15/h1-8,11H,9-10H2,(H,20,23)/t11-/m0/s1. The van der Waals surface area contributed by atoms with Gasteiger partial charge in [-0.25, -0.2) is 0 Å². The summed E-state index contributed by atoms with van der Waals surface area (Å²) in [4.78, 5) is 26.1. The van der Waals surface area contributed by atoms with Crippen LogP contribution in [0.5, 0.6) is 0 Å². The van der Waals surface area contributed by atoms with Crippen molar-refractivity contribution in [3.8, 4) is 0 Å². The number of carbonyl (C=O) groups excluding carboxylic acids is 2. The Kier molecular flexibility index (Phi) is 4.55. The summed E-state index contributed by atoms with van der Waals surface area (Å²) in [6.45, 7) is 0.361. The highest BCUT2D eigenvalue weighted by molar-refractivity contribution is 6.31. The molecule has 0 spiro atoms. The van der Waals surface area contributed by atoms with Crippen LogP contribution in [0.25, 0.3) is 0 Å². The number of anilines is 2. The minimum absolute atomic E-state index is 0.0661. The third kappa shape index (κ3) is 3.66. The fourth-order valence-electron chi connectivity index (χ4n) is 2.53. The van der Waals surface area contributed by atoms with E-state index in [0.29, 0.717) is 22.3 Å². The maximum atomic E-state index is 12.3. The normalized spacial score (nSPS) is 17.4. The lowest BCUT2D eigenvalue weighted by atomic mass is 10.1. The summed E-state index contributed by atoms with van der Waals surface area (Å²) in [7, 11) is 0. The molecule has 0 bridgehead atoms. The van der Waals surface area contributed by atoms with Crippen molar-refractivity contribution in [3.05, 3.63) is 58.6 Å². The Morgan fingerprint density at radius 1 is 1.00 bits per heavy atom. The van der Waals surface area contributed by atoms with Crippen molar-refractivity contribution in [2.45, 2.75) is 6.42 Å². The average molecular weight is 349 g/mol. The lowest BCUT2D eigenvalue weighted by Crippen LogP contribution is -2.28. The summed E-state index contributed by atoms with van der Waals surface area (Å²) in [5.41, 5.74) is 1.41. The van der Waals surface area contributed by atoms with Crippen LogP contribution in [0.1, 0.15) is 6.42 Å². The van der Waals surface area contributed by atoms with E-state index in [0.717, 1.165) is 5.69 Å². The quantitative estimate of drug-likeness (QED) is 0.911. The van der Waals surface area contributed by atoms with Gasteiger partial charge in [-0.2, -0.15) is 0 Å². The molecule has 0 aliphatic carbocycles. The van der Waals surface area contributed by atoms with Gasteiger partial charge in [0.2, 0.25) is 11.8 Å². The second-order valence-corrected chi connectivity index (χ2v) is 6.25. The molecule has 1 aliphatic heterocycles. The summed E-state index contributed by atoms with van der Waals surface area (Å²) in [6.07, 6.45) is 0.196.